The van der Waals surface area contributed by atoms with Crippen LogP contribution in [0.25, 0.3) is 0 Å². The first-order chi connectivity index (χ1) is 13.3. The van der Waals surface area contributed by atoms with Crippen LogP contribution in [0.3, 0.4) is 0 Å². The van der Waals surface area contributed by atoms with Gasteiger partial charge in [0, 0.05) is 45.3 Å². The maximum atomic E-state index is 5.51. The maximum absolute atomic E-state index is 5.51. The molecule has 0 aromatic carbocycles. The number of hydrogen-bond donors (Lipinski definition) is 4. The van der Waals surface area contributed by atoms with Crippen LogP contribution in [0.5, 0.6) is 0 Å². The molecule has 0 unspecified atom stereocenters. The zero-order valence-corrected chi connectivity index (χ0v) is 17.4. The Morgan fingerprint density at radius 1 is 0.593 bits per heavy atom. The van der Waals surface area contributed by atoms with Crippen molar-refractivity contribution in [3.05, 3.63) is 0 Å². The van der Waals surface area contributed by atoms with Gasteiger partial charge in [-0.3, -0.25) is 0 Å². The van der Waals surface area contributed by atoms with Gasteiger partial charge in [-0.2, -0.15) is 0 Å². The van der Waals surface area contributed by atoms with E-state index in [1.165, 1.54) is 38.5 Å². The van der Waals surface area contributed by atoms with Gasteiger partial charge in [-0.15, -0.1) is 0 Å². The van der Waals surface area contributed by atoms with E-state index >= 15 is 0 Å². The van der Waals surface area contributed by atoms with E-state index in [0.29, 0.717) is 0 Å². The first-order valence-corrected chi connectivity index (χ1v) is 12.1. The number of nitrogens with one attached hydrogen (secondary N) is 3. The molecule has 4 nitrogen and oxygen atoms in total. The van der Waals surface area contributed by atoms with Crippen LogP contribution in [-0.2, 0) is 0 Å². The Balaban J connectivity index is 1.16. The molecule has 0 aromatic rings. The smallest absolute Gasteiger partial charge is 0.00793 e. The third-order valence-electron chi connectivity index (χ3n) is 8.10. The lowest BCUT2D eigenvalue weighted by Gasteiger charge is -2.48. The van der Waals surface area contributed by atoms with Crippen LogP contribution in [-0.4, -0.2) is 45.3 Å². The summed E-state index contributed by atoms with van der Waals surface area (Å²) < 4.78 is 0. The lowest BCUT2D eigenvalue weighted by atomic mass is 9.59. The van der Waals surface area contributed by atoms with E-state index in [1.807, 2.05) is 0 Å². The van der Waals surface area contributed by atoms with Crippen molar-refractivity contribution in [1.29, 1.82) is 0 Å². The molecular weight excluding hydrogens is 332 g/mol. The molecule has 0 aromatic heterocycles. The minimum absolute atomic E-state index is 0.731. The quantitative estimate of drug-likeness (QED) is 0.373. The van der Waals surface area contributed by atoms with Gasteiger partial charge in [0.25, 0.3) is 0 Å². The van der Waals surface area contributed by atoms with E-state index in [9.17, 15) is 0 Å². The maximum Gasteiger partial charge on any atom is 0.00793 e. The van der Waals surface area contributed by atoms with Crippen LogP contribution < -0.4 is 21.7 Å². The molecule has 5 N–H and O–H groups in total. The molecule has 6 aliphatic carbocycles. The predicted octanol–water partition coefficient (Wildman–Crippen LogP) is 2.74. The fraction of sp³-hybridized carbons (Fsp3) is 1.00. The Morgan fingerprint density at radius 3 is 1.52 bits per heavy atom. The van der Waals surface area contributed by atoms with Gasteiger partial charge < -0.3 is 21.7 Å². The first kappa shape index (κ1) is 20.1. The second-order valence-electron chi connectivity index (χ2n) is 10.5. The molecule has 0 spiro atoms. The highest BCUT2D eigenvalue weighted by molar-refractivity contribution is 4.93. The molecule has 0 radical (unpaired) electrons. The average molecular weight is 377 g/mol. The molecule has 156 valence electrons. The van der Waals surface area contributed by atoms with Gasteiger partial charge in [-0.05, 0) is 99.7 Å². The molecule has 6 fully saturated rings. The van der Waals surface area contributed by atoms with Crippen molar-refractivity contribution in [2.45, 2.75) is 70.3 Å². The van der Waals surface area contributed by atoms with Gasteiger partial charge in [0.2, 0.25) is 0 Å². The largest absolute Gasteiger partial charge is 0.329 e. The van der Waals surface area contributed by atoms with E-state index in [0.717, 1.165) is 80.8 Å². The van der Waals surface area contributed by atoms with Crippen LogP contribution in [0.4, 0.5) is 0 Å². The molecule has 0 heterocycles. The summed E-state index contributed by atoms with van der Waals surface area (Å²) in [5.74, 6) is 6.43. The second kappa shape index (κ2) is 10.0. The fourth-order valence-electron chi connectivity index (χ4n) is 6.94. The zero-order valence-electron chi connectivity index (χ0n) is 17.4. The van der Waals surface area contributed by atoms with Crippen molar-refractivity contribution in [1.82, 2.24) is 16.0 Å². The Kier molecular flexibility index (Phi) is 7.49. The molecule has 0 amide bonds. The minimum Gasteiger partial charge on any atom is -0.329 e. The van der Waals surface area contributed by atoms with Crippen LogP contribution >= 0.6 is 0 Å². The van der Waals surface area contributed by atoms with Crippen molar-refractivity contribution in [2.75, 3.05) is 39.3 Å². The lowest BCUT2D eigenvalue weighted by molar-refractivity contribution is 0.0430. The molecule has 0 atom stereocenters. The van der Waals surface area contributed by atoms with Gasteiger partial charge in [-0.1, -0.05) is 0 Å². The van der Waals surface area contributed by atoms with Gasteiger partial charge in [0.15, 0.2) is 0 Å². The number of fused-ring (bicyclic) bond motifs is 4. The topological polar surface area (TPSA) is 62.1 Å². The normalized spacial score (nSPS) is 38.1. The van der Waals surface area contributed by atoms with Crippen molar-refractivity contribution in [3.63, 3.8) is 0 Å². The standard InChI is InChI=1S/C23H44N4/c24-1-2-25-3-4-26-5-6-27-23(15-21-11-17-7-18(8-17)12-21)16-22-13-19-9-20(10-19)14-22/h17-23,25-27H,1-16,24H2. The first-order valence-electron chi connectivity index (χ1n) is 12.1. The van der Waals surface area contributed by atoms with Gasteiger partial charge in [-0.25, -0.2) is 0 Å². The minimum atomic E-state index is 0.731. The predicted molar refractivity (Wildman–Crippen MR) is 114 cm³/mol. The average Bonchev–Trinajstić information content (AvgIpc) is 2.62. The second-order valence-corrected chi connectivity index (χ2v) is 10.5. The van der Waals surface area contributed by atoms with E-state index < -0.39 is 0 Å². The molecule has 4 heteroatoms. The number of hydrogen-bond acceptors (Lipinski definition) is 4. The Bertz CT molecular complexity index is 380. The number of rotatable bonds is 13. The van der Waals surface area contributed by atoms with Gasteiger partial charge in [0.1, 0.15) is 0 Å². The molecule has 0 saturated heterocycles. The Labute approximate surface area is 167 Å². The van der Waals surface area contributed by atoms with E-state index in [2.05, 4.69) is 16.0 Å². The molecular formula is C23H44N4. The monoisotopic (exact) mass is 376 g/mol. The molecule has 6 aliphatic rings. The van der Waals surface area contributed by atoms with Crippen molar-refractivity contribution >= 4 is 0 Å². The summed E-state index contributed by atoms with van der Waals surface area (Å²) in [4.78, 5) is 0. The van der Waals surface area contributed by atoms with Gasteiger partial charge >= 0.3 is 0 Å². The SMILES string of the molecule is NCCNCCNCCNC(CC1CC2CC(C2)C1)CC1CC2CC(C2)C1. The third-order valence-corrected chi connectivity index (χ3v) is 8.10. The fourth-order valence-corrected chi connectivity index (χ4v) is 6.94. The summed E-state index contributed by atoms with van der Waals surface area (Å²) >= 11 is 0. The number of nitrogens with two attached hydrogens (primary N) is 1. The highest BCUT2D eigenvalue weighted by Gasteiger charge is 2.41. The molecule has 27 heavy (non-hydrogen) atoms. The Morgan fingerprint density at radius 2 is 1.04 bits per heavy atom. The molecule has 6 saturated carbocycles. The molecule has 0 aliphatic heterocycles. The summed E-state index contributed by atoms with van der Waals surface area (Å²) in [5.41, 5.74) is 5.51. The van der Waals surface area contributed by atoms with Crippen LogP contribution in [0, 0.1) is 35.5 Å². The summed E-state index contributed by atoms with van der Waals surface area (Å²) in [6.07, 6.45) is 15.3. The zero-order chi connectivity index (χ0) is 18.5. The highest BCUT2D eigenvalue weighted by atomic mass is 15.0. The summed E-state index contributed by atoms with van der Waals surface area (Å²) in [6.45, 7) is 5.94. The Hall–Kier alpha value is -0.160. The molecule has 4 bridgehead atoms. The van der Waals surface area contributed by atoms with Crippen LogP contribution in [0.2, 0.25) is 0 Å². The molecule has 6 rings (SSSR count). The van der Waals surface area contributed by atoms with E-state index in [-0.39, 0.29) is 0 Å². The summed E-state index contributed by atoms with van der Waals surface area (Å²) in [7, 11) is 0. The van der Waals surface area contributed by atoms with Crippen molar-refractivity contribution in [3.8, 4) is 0 Å². The van der Waals surface area contributed by atoms with Crippen molar-refractivity contribution in [2.24, 2.45) is 41.2 Å². The third kappa shape index (κ3) is 5.91. The van der Waals surface area contributed by atoms with E-state index in [4.69, 9.17) is 5.73 Å². The van der Waals surface area contributed by atoms with Gasteiger partial charge in [0.05, 0.1) is 0 Å². The lowest BCUT2D eigenvalue weighted by Crippen LogP contribution is -2.43. The van der Waals surface area contributed by atoms with Crippen molar-refractivity contribution < 1.29 is 0 Å². The summed E-state index contributed by atoms with van der Waals surface area (Å²) in [5, 5.41) is 10.9. The summed E-state index contributed by atoms with van der Waals surface area (Å²) in [6, 6.07) is 0.771. The van der Waals surface area contributed by atoms with Crippen LogP contribution in [0.1, 0.15) is 64.2 Å². The van der Waals surface area contributed by atoms with Crippen LogP contribution in [0.15, 0.2) is 0 Å². The highest BCUT2D eigenvalue weighted by Crippen LogP contribution is 2.51. The van der Waals surface area contributed by atoms with E-state index in [1.54, 1.807) is 25.7 Å².